The topological polar surface area (TPSA) is 118 Å². The zero-order chi connectivity index (χ0) is 25.7. The van der Waals surface area contributed by atoms with Crippen molar-refractivity contribution in [3.05, 3.63) is 70.9 Å². The molecule has 0 spiro atoms. The molecule has 188 valence electrons. The van der Waals surface area contributed by atoms with Gasteiger partial charge in [-0.2, -0.15) is 4.98 Å². The number of hydrogen-bond acceptors (Lipinski definition) is 7. The molecule has 1 atom stereocenters. The van der Waals surface area contributed by atoms with Crippen LogP contribution in [0.15, 0.2) is 65.0 Å². The van der Waals surface area contributed by atoms with Crippen LogP contribution in [0.3, 0.4) is 0 Å². The summed E-state index contributed by atoms with van der Waals surface area (Å²) < 4.78 is 7.37. The normalized spacial score (nSPS) is 14.7. The smallest absolute Gasteiger partial charge is 0.335 e. The van der Waals surface area contributed by atoms with E-state index in [0.717, 1.165) is 24.2 Å². The molecule has 1 aliphatic rings. The molecule has 0 bridgehead atoms. The number of anilines is 2. The van der Waals surface area contributed by atoms with Crippen molar-refractivity contribution in [3.63, 3.8) is 0 Å². The van der Waals surface area contributed by atoms with Gasteiger partial charge in [0.25, 0.3) is 5.91 Å². The van der Waals surface area contributed by atoms with Crippen LogP contribution in [0.25, 0.3) is 0 Å². The van der Waals surface area contributed by atoms with Crippen molar-refractivity contribution in [3.8, 4) is 5.75 Å². The van der Waals surface area contributed by atoms with Crippen LogP contribution in [0.1, 0.15) is 55.6 Å². The number of hydrogen-bond donors (Lipinski definition) is 3. The van der Waals surface area contributed by atoms with Crippen LogP contribution in [-0.2, 0) is 4.79 Å². The Bertz CT molecular complexity index is 1290. The average Bonchev–Trinajstić information content (AvgIpc) is 3.27. The number of aromatic carboxylic acids is 1. The third kappa shape index (κ3) is 5.38. The number of thioether (sulfide) groups is 1. The molecule has 0 radical (unpaired) electrons. The highest BCUT2D eigenvalue weighted by molar-refractivity contribution is 7.99. The number of carboxylic acids is 1. The Hall–Kier alpha value is -3.79. The number of aromatic nitrogens is 3. The molecule has 9 nitrogen and oxygen atoms in total. The summed E-state index contributed by atoms with van der Waals surface area (Å²) >= 11 is 1.57. The summed E-state index contributed by atoms with van der Waals surface area (Å²) in [5.74, 6) is 0.672. The Kier molecular flexibility index (Phi) is 7.94. The minimum atomic E-state index is -1.01. The van der Waals surface area contributed by atoms with Gasteiger partial charge < -0.3 is 20.5 Å². The number of carboxylic acid groups (broad SMARTS) is 1. The van der Waals surface area contributed by atoms with Gasteiger partial charge in [0.15, 0.2) is 0 Å². The predicted molar refractivity (Wildman–Crippen MR) is 140 cm³/mol. The number of carbonyl (C=O) groups excluding carboxylic acids is 1. The molecule has 0 saturated carbocycles. The van der Waals surface area contributed by atoms with Crippen LogP contribution < -0.4 is 15.4 Å². The lowest BCUT2D eigenvalue weighted by atomic mass is 9.94. The highest BCUT2D eigenvalue weighted by Crippen LogP contribution is 2.37. The highest BCUT2D eigenvalue weighted by Gasteiger charge is 2.34. The maximum Gasteiger partial charge on any atom is 0.335 e. The molecule has 4 rings (SSSR count). The van der Waals surface area contributed by atoms with Crippen LogP contribution in [-0.4, -0.2) is 44.1 Å². The van der Waals surface area contributed by atoms with Gasteiger partial charge in [-0.05, 0) is 50.1 Å². The van der Waals surface area contributed by atoms with Gasteiger partial charge in [-0.3, -0.25) is 4.79 Å². The molecule has 36 heavy (non-hydrogen) atoms. The van der Waals surface area contributed by atoms with Gasteiger partial charge in [0.1, 0.15) is 11.8 Å². The maximum absolute atomic E-state index is 13.7. The number of fused-ring (bicyclic) bond motifs is 1. The SMILES string of the molecule is CCCCSc1nc2n(n1)C(c1ccc(C(=O)O)cc1)C(C(=O)Nc1ccccc1OCC)=C(C)N2. The number of rotatable bonds is 10. The summed E-state index contributed by atoms with van der Waals surface area (Å²) in [5, 5.41) is 20.9. The van der Waals surface area contributed by atoms with E-state index in [9.17, 15) is 14.7 Å². The summed E-state index contributed by atoms with van der Waals surface area (Å²) in [4.78, 5) is 29.7. The molecule has 0 saturated heterocycles. The summed E-state index contributed by atoms with van der Waals surface area (Å²) in [5.41, 5.74) is 2.54. The Morgan fingerprint density at radius 2 is 1.92 bits per heavy atom. The number of para-hydroxylation sites is 2. The number of unbranched alkanes of at least 4 members (excludes halogenated alkanes) is 1. The Balaban J connectivity index is 1.73. The van der Waals surface area contributed by atoms with Crippen molar-refractivity contribution in [1.29, 1.82) is 0 Å². The number of amides is 1. The first kappa shape index (κ1) is 25.3. The molecule has 10 heteroatoms. The number of carbonyl (C=O) groups is 2. The standard InChI is InChI=1S/C26H29N5O4S/c1-4-6-15-36-26-29-25-27-16(3)21(23(32)28-19-9-7-8-10-20(19)35-5-2)22(31(25)30-26)17-11-13-18(14-12-17)24(33)34/h7-14,22H,4-6,15H2,1-3H3,(H,28,32)(H,33,34)(H,27,29,30). The van der Waals surface area contributed by atoms with Gasteiger partial charge in [0, 0.05) is 11.4 Å². The fraction of sp³-hybridized carbons (Fsp3) is 0.308. The van der Waals surface area contributed by atoms with Crippen molar-refractivity contribution in [1.82, 2.24) is 14.8 Å². The van der Waals surface area contributed by atoms with Crippen molar-refractivity contribution in [2.75, 3.05) is 23.0 Å². The first-order chi connectivity index (χ1) is 17.4. The van der Waals surface area contributed by atoms with Crippen molar-refractivity contribution < 1.29 is 19.4 Å². The van der Waals surface area contributed by atoms with E-state index >= 15 is 0 Å². The van der Waals surface area contributed by atoms with Crippen LogP contribution in [0.5, 0.6) is 5.75 Å². The van der Waals surface area contributed by atoms with Gasteiger partial charge in [-0.25, -0.2) is 9.48 Å². The molecular weight excluding hydrogens is 478 g/mol. The Morgan fingerprint density at radius 3 is 2.61 bits per heavy atom. The zero-order valence-electron chi connectivity index (χ0n) is 20.4. The van der Waals surface area contributed by atoms with Crippen LogP contribution in [0.2, 0.25) is 0 Å². The Morgan fingerprint density at radius 1 is 1.17 bits per heavy atom. The fourth-order valence-electron chi connectivity index (χ4n) is 3.95. The van der Waals surface area contributed by atoms with Gasteiger partial charge in [-0.1, -0.05) is 49.4 Å². The minimum absolute atomic E-state index is 0.166. The molecule has 0 aliphatic carbocycles. The summed E-state index contributed by atoms with van der Waals surface area (Å²) in [6.45, 7) is 6.31. The molecule has 1 aromatic heterocycles. The molecule has 2 aromatic carbocycles. The van der Waals surface area contributed by atoms with E-state index in [2.05, 4.69) is 22.5 Å². The van der Waals surface area contributed by atoms with Crippen LogP contribution >= 0.6 is 11.8 Å². The second-order valence-electron chi connectivity index (χ2n) is 8.24. The van der Waals surface area contributed by atoms with Crippen molar-refractivity contribution >= 4 is 35.3 Å². The molecule has 3 aromatic rings. The van der Waals surface area contributed by atoms with E-state index in [-0.39, 0.29) is 11.5 Å². The summed E-state index contributed by atoms with van der Waals surface area (Å²) in [6.07, 6.45) is 2.12. The third-order valence-corrected chi connectivity index (χ3v) is 6.64. The average molecular weight is 508 g/mol. The fourth-order valence-corrected chi connectivity index (χ4v) is 4.86. The molecular formula is C26H29N5O4S. The van der Waals surface area contributed by atoms with Gasteiger partial charge in [-0.15, -0.1) is 5.10 Å². The lowest BCUT2D eigenvalue weighted by Crippen LogP contribution is -2.31. The minimum Gasteiger partial charge on any atom is -0.492 e. The predicted octanol–water partition coefficient (Wildman–Crippen LogP) is 5.19. The van der Waals surface area contributed by atoms with E-state index in [1.165, 1.54) is 12.1 Å². The number of ether oxygens (including phenoxy) is 1. The second-order valence-corrected chi connectivity index (χ2v) is 9.30. The highest BCUT2D eigenvalue weighted by atomic mass is 32.2. The number of nitrogens with one attached hydrogen (secondary N) is 2. The zero-order valence-corrected chi connectivity index (χ0v) is 21.3. The van der Waals surface area contributed by atoms with E-state index in [1.807, 2.05) is 26.0 Å². The van der Waals surface area contributed by atoms with E-state index in [1.54, 1.807) is 40.7 Å². The molecule has 1 aliphatic heterocycles. The van der Waals surface area contributed by atoms with Gasteiger partial charge >= 0.3 is 5.97 Å². The molecule has 1 amide bonds. The largest absolute Gasteiger partial charge is 0.492 e. The summed E-state index contributed by atoms with van der Waals surface area (Å²) in [6, 6.07) is 13.1. The lowest BCUT2D eigenvalue weighted by Gasteiger charge is -2.29. The van der Waals surface area contributed by atoms with Crippen LogP contribution in [0.4, 0.5) is 11.6 Å². The Labute approximate surface area is 214 Å². The number of nitrogens with zero attached hydrogens (tertiary/aromatic N) is 3. The monoisotopic (exact) mass is 507 g/mol. The summed E-state index contributed by atoms with van der Waals surface area (Å²) in [7, 11) is 0. The quantitative estimate of drug-likeness (QED) is 0.253. The van der Waals surface area contributed by atoms with E-state index < -0.39 is 12.0 Å². The first-order valence-corrected chi connectivity index (χ1v) is 12.8. The number of allylic oxidation sites excluding steroid dienone is 1. The molecule has 2 heterocycles. The third-order valence-electron chi connectivity index (χ3n) is 5.72. The molecule has 0 fully saturated rings. The molecule has 1 unspecified atom stereocenters. The van der Waals surface area contributed by atoms with E-state index in [4.69, 9.17) is 9.84 Å². The number of benzene rings is 2. The van der Waals surface area contributed by atoms with Crippen molar-refractivity contribution in [2.45, 2.75) is 44.8 Å². The van der Waals surface area contributed by atoms with Gasteiger partial charge in [0.05, 0.1) is 23.4 Å². The van der Waals surface area contributed by atoms with E-state index in [0.29, 0.717) is 40.4 Å². The van der Waals surface area contributed by atoms with Gasteiger partial charge in [0.2, 0.25) is 11.1 Å². The lowest BCUT2D eigenvalue weighted by molar-refractivity contribution is -0.113. The van der Waals surface area contributed by atoms with Crippen molar-refractivity contribution in [2.24, 2.45) is 0 Å². The second kappa shape index (κ2) is 11.3. The maximum atomic E-state index is 13.7. The molecule has 3 N–H and O–H groups in total. The first-order valence-electron chi connectivity index (χ1n) is 11.9. The van der Waals surface area contributed by atoms with Crippen LogP contribution in [0, 0.1) is 0 Å².